The molecule has 0 saturated heterocycles. The minimum atomic E-state index is -5.10. The second-order valence-electron chi connectivity index (χ2n) is 7.58. The summed E-state index contributed by atoms with van der Waals surface area (Å²) in [6, 6.07) is 5.32. The number of alkyl halides is 3. The summed E-state index contributed by atoms with van der Waals surface area (Å²) < 4.78 is 66.6. The van der Waals surface area contributed by atoms with Gasteiger partial charge in [0.05, 0.1) is 5.69 Å². The fraction of sp³-hybridized carbons (Fsp3) is 0.350. The molecule has 3 aromatic rings. The molecular weight excluding hydrogens is 420 g/mol. The maximum absolute atomic E-state index is 14.2. The number of nitrogens with zero attached hydrogens (tertiary/aromatic N) is 3. The molecule has 6 bridgehead atoms. The Labute approximate surface area is 173 Å². The van der Waals surface area contributed by atoms with Gasteiger partial charge in [-0.15, -0.1) is 10.2 Å². The van der Waals surface area contributed by atoms with Crippen molar-refractivity contribution in [3.63, 3.8) is 0 Å². The number of aromatic nitrogens is 3. The highest BCUT2D eigenvalue weighted by Crippen LogP contribution is 2.44. The number of nitrogen functional groups attached to an aromatic ring is 1. The number of fused-ring (bicyclic) bond motifs is 7. The van der Waals surface area contributed by atoms with Crippen LogP contribution in [0.5, 0.6) is 11.6 Å². The normalized spacial score (nSPS) is 21.3. The first-order valence-corrected chi connectivity index (χ1v) is 9.37. The quantitative estimate of drug-likeness (QED) is 0.494. The number of rotatable bonds is 0. The monoisotopic (exact) mass is 438 g/mol. The van der Waals surface area contributed by atoms with Crippen LogP contribution in [-0.4, -0.2) is 26.5 Å². The van der Waals surface area contributed by atoms with Gasteiger partial charge >= 0.3 is 6.18 Å². The Bertz CT molecular complexity index is 1150. The molecule has 1 aliphatic heterocycles. The van der Waals surface area contributed by atoms with Crippen LogP contribution in [0.2, 0.25) is 0 Å². The van der Waals surface area contributed by atoms with Crippen LogP contribution in [0.3, 0.4) is 0 Å². The molecule has 164 valence electrons. The Morgan fingerprint density at radius 2 is 1.94 bits per heavy atom. The lowest BCUT2D eigenvalue weighted by Crippen LogP contribution is -2.43. The molecule has 0 spiro atoms. The zero-order valence-electron chi connectivity index (χ0n) is 16.5. The van der Waals surface area contributed by atoms with Crippen LogP contribution in [0.1, 0.15) is 42.7 Å². The summed E-state index contributed by atoms with van der Waals surface area (Å²) in [7, 11) is 0. The second-order valence-corrected chi connectivity index (χ2v) is 7.58. The first-order valence-electron chi connectivity index (χ1n) is 9.37. The molecule has 11 heteroatoms. The van der Waals surface area contributed by atoms with Crippen molar-refractivity contribution >= 4 is 5.69 Å². The summed E-state index contributed by atoms with van der Waals surface area (Å²) in [5, 5.41) is 17.6. The smallest absolute Gasteiger partial charge is 0.426 e. The Hall–Kier alpha value is -3.21. The molecule has 31 heavy (non-hydrogen) atoms. The largest absolute Gasteiger partial charge is 0.439 e. The Balaban J connectivity index is 1.94. The predicted octanol–water partition coefficient (Wildman–Crippen LogP) is 4.60. The summed E-state index contributed by atoms with van der Waals surface area (Å²) in [6.07, 6.45) is -6.03. The van der Waals surface area contributed by atoms with E-state index < -0.39 is 41.7 Å². The van der Waals surface area contributed by atoms with Gasteiger partial charge in [0, 0.05) is 11.6 Å². The van der Waals surface area contributed by atoms with E-state index in [0.29, 0.717) is 11.1 Å². The van der Waals surface area contributed by atoms with Crippen LogP contribution in [0.15, 0.2) is 28.7 Å². The van der Waals surface area contributed by atoms with Crippen LogP contribution in [0.25, 0.3) is 11.6 Å². The van der Waals surface area contributed by atoms with Crippen molar-refractivity contribution < 1.29 is 31.8 Å². The molecule has 1 aliphatic rings. The lowest BCUT2D eigenvalue weighted by molar-refractivity contribution is -0.277. The molecule has 4 rings (SSSR count). The summed E-state index contributed by atoms with van der Waals surface area (Å²) >= 11 is 0. The van der Waals surface area contributed by atoms with Gasteiger partial charge in [-0.3, -0.25) is 0 Å². The number of ether oxygens (including phenoxy) is 1. The first kappa shape index (κ1) is 21.0. The van der Waals surface area contributed by atoms with Crippen LogP contribution >= 0.6 is 0 Å². The fourth-order valence-electron chi connectivity index (χ4n) is 3.38. The van der Waals surface area contributed by atoms with Crippen molar-refractivity contribution in [1.82, 2.24) is 15.2 Å². The lowest BCUT2D eigenvalue weighted by atomic mass is 9.88. The number of benzene rings is 1. The maximum Gasteiger partial charge on any atom is 0.426 e. The number of nitrogens with two attached hydrogens (primary N) is 1. The van der Waals surface area contributed by atoms with Crippen LogP contribution in [0.4, 0.5) is 23.2 Å². The second kappa shape index (κ2) is 7.19. The number of aliphatic hydroxyl groups is 1. The van der Waals surface area contributed by atoms with Gasteiger partial charge in [-0.1, -0.05) is 6.92 Å². The first-order chi connectivity index (χ1) is 14.5. The van der Waals surface area contributed by atoms with E-state index in [4.69, 9.17) is 14.9 Å². The lowest BCUT2D eigenvalue weighted by Gasteiger charge is -2.28. The van der Waals surface area contributed by atoms with Crippen molar-refractivity contribution in [2.24, 2.45) is 0 Å². The SMILES string of the molecule is Cc1cc(N)c2nc1Oc1cc(F)cc(c1)C(C)CCC(O)(C(F)(F)F)c1nnc-2o1. The molecule has 0 aliphatic carbocycles. The Kier molecular flexibility index (Phi) is 4.88. The summed E-state index contributed by atoms with van der Waals surface area (Å²) in [4.78, 5) is 4.19. The summed E-state index contributed by atoms with van der Waals surface area (Å²) in [6.45, 7) is 3.27. The molecule has 1 aromatic carbocycles. The third kappa shape index (κ3) is 3.69. The van der Waals surface area contributed by atoms with E-state index in [0.717, 1.165) is 6.07 Å². The maximum atomic E-state index is 14.2. The molecule has 0 saturated carbocycles. The van der Waals surface area contributed by atoms with Crippen molar-refractivity contribution in [1.29, 1.82) is 0 Å². The van der Waals surface area contributed by atoms with Crippen LogP contribution in [0, 0.1) is 12.7 Å². The van der Waals surface area contributed by atoms with Gasteiger partial charge in [-0.2, -0.15) is 13.2 Å². The van der Waals surface area contributed by atoms with Crippen LogP contribution < -0.4 is 10.5 Å². The zero-order valence-corrected chi connectivity index (χ0v) is 16.5. The average molecular weight is 438 g/mol. The van der Waals surface area contributed by atoms with E-state index in [-0.39, 0.29) is 29.4 Å². The molecule has 2 unspecified atom stereocenters. The number of anilines is 1. The van der Waals surface area contributed by atoms with E-state index in [9.17, 15) is 22.7 Å². The van der Waals surface area contributed by atoms with Crippen LogP contribution in [-0.2, 0) is 5.60 Å². The van der Waals surface area contributed by atoms with Gasteiger partial charge in [0.15, 0.2) is 5.69 Å². The van der Waals surface area contributed by atoms with Crippen molar-refractivity contribution in [3.05, 3.63) is 47.1 Å². The van der Waals surface area contributed by atoms with Gasteiger partial charge in [0.25, 0.3) is 11.8 Å². The average Bonchev–Trinajstić information content (AvgIpc) is 3.16. The van der Waals surface area contributed by atoms with E-state index in [1.165, 1.54) is 18.2 Å². The third-order valence-electron chi connectivity index (χ3n) is 5.26. The standard InChI is InChI=1S/C20H18F4N4O3/c1-9-3-4-19(29,20(22,23)24)18-28-27-17(31-18)15-14(25)5-10(2)16(26-15)30-13-7-11(9)6-12(21)8-13/h5-9,29H,3-4,25H2,1-2H3. The van der Waals surface area contributed by atoms with E-state index >= 15 is 0 Å². The van der Waals surface area contributed by atoms with Crippen molar-refractivity contribution in [2.75, 3.05) is 5.73 Å². The minimum absolute atomic E-state index is 0.0382. The molecule has 2 aromatic heterocycles. The Morgan fingerprint density at radius 3 is 2.65 bits per heavy atom. The number of hydrogen-bond acceptors (Lipinski definition) is 7. The highest BCUT2D eigenvalue weighted by atomic mass is 19.4. The topological polar surface area (TPSA) is 107 Å². The van der Waals surface area contributed by atoms with E-state index in [2.05, 4.69) is 15.2 Å². The van der Waals surface area contributed by atoms with Crippen molar-refractivity contribution in [3.8, 4) is 23.2 Å². The summed E-state index contributed by atoms with van der Waals surface area (Å²) in [5.74, 6) is -2.45. The predicted molar refractivity (Wildman–Crippen MR) is 101 cm³/mol. The molecule has 2 atom stereocenters. The minimum Gasteiger partial charge on any atom is -0.439 e. The van der Waals surface area contributed by atoms with Gasteiger partial charge in [0.2, 0.25) is 11.5 Å². The third-order valence-corrected chi connectivity index (χ3v) is 5.26. The highest BCUT2D eigenvalue weighted by molar-refractivity contribution is 5.68. The fourth-order valence-corrected chi connectivity index (χ4v) is 3.38. The molecule has 7 nitrogen and oxygen atoms in total. The van der Waals surface area contributed by atoms with Gasteiger partial charge in [-0.25, -0.2) is 9.37 Å². The van der Waals surface area contributed by atoms with Gasteiger partial charge < -0.3 is 20.0 Å². The van der Waals surface area contributed by atoms with E-state index in [1.807, 2.05) is 0 Å². The highest BCUT2D eigenvalue weighted by Gasteiger charge is 2.58. The molecule has 0 amide bonds. The molecule has 3 N–H and O–H groups in total. The van der Waals surface area contributed by atoms with Crippen molar-refractivity contribution in [2.45, 2.75) is 44.4 Å². The number of halogens is 4. The number of pyridine rings is 1. The molecule has 3 heterocycles. The number of aryl methyl sites for hydroxylation is 1. The van der Waals surface area contributed by atoms with E-state index in [1.54, 1.807) is 13.8 Å². The molecular formula is C20H18F4N4O3. The van der Waals surface area contributed by atoms with Gasteiger partial charge in [0.1, 0.15) is 11.6 Å². The molecule has 0 fully saturated rings. The summed E-state index contributed by atoms with van der Waals surface area (Å²) in [5.41, 5.74) is 3.37. The van der Waals surface area contributed by atoms with Gasteiger partial charge in [-0.05, 0) is 49.4 Å². The molecule has 0 radical (unpaired) electrons. The number of hydrogen-bond donors (Lipinski definition) is 2. The Morgan fingerprint density at radius 1 is 1.19 bits per heavy atom. The zero-order chi connectivity index (χ0) is 22.6.